The van der Waals surface area contributed by atoms with Crippen LogP contribution in [0.4, 0.5) is 5.82 Å². The monoisotopic (exact) mass is 318 g/mol. The fraction of sp³-hybridized carbons (Fsp3) is 0.667. The summed E-state index contributed by atoms with van der Waals surface area (Å²) in [5.41, 5.74) is 1.03. The predicted molar refractivity (Wildman–Crippen MR) is 94.9 cm³/mol. The molecule has 23 heavy (non-hydrogen) atoms. The van der Waals surface area contributed by atoms with Gasteiger partial charge in [0.2, 0.25) is 0 Å². The van der Waals surface area contributed by atoms with E-state index in [0.29, 0.717) is 5.92 Å². The van der Waals surface area contributed by atoms with E-state index in [0.717, 1.165) is 62.9 Å². The molecule has 0 bridgehead atoms. The minimum atomic E-state index is -0.256. The summed E-state index contributed by atoms with van der Waals surface area (Å²) in [7, 11) is 0. The zero-order chi connectivity index (χ0) is 16.8. The number of aryl methyl sites for hydroxylation is 1. The van der Waals surface area contributed by atoms with Gasteiger partial charge in [-0.1, -0.05) is 19.9 Å². The lowest BCUT2D eigenvalue weighted by molar-refractivity contribution is 0.103. The Hall–Kier alpha value is -1.46. The molecule has 1 atom stereocenters. The third-order valence-corrected chi connectivity index (χ3v) is 4.24. The van der Waals surface area contributed by atoms with E-state index >= 15 is 0 Å². The maximum absolute atomic E-state index is 10.0. The molecule has 2 heterocycles. The number of β-amino-alcohol motifs (C(OH)–C–C–N with tert-alkyl or cyclic N) is 1. The molecule has 0 saturated carbocycles. The maximum atomic E-state index is 10.0. The molecule has 1 N–H and O–H groups in total. The lowest BCUT2D eigenvalue weighted by Gasteiger charge is -2.36. The number of hydrogen-bond acceptors (Lipinski definition) is 5. The zero-order valence-corrected chi connectivity index (χ0v) is 14.7. The van der Waals surface area contributed by atoms with Crippen LogP contribution in [0.5, 0.6) is 0 Å². The molecule has 0 aromatic carbocycles. The van der Waals surface area contributed by atoms with Gasteiger partial charge in [0.25, 0.3) is 0 Å². The summed E-state index contributed by atoms with van der Waals surface area (Å²) in [6.45, 7) is 14.6. The molecule has 2 rings (SSSR count). The Kier molecular flexibility index (Phi) is 6.54. The van der Waals surface area contributed by atoms with Crippen molar-refractivity contribution in [1.82, 2.24) is 14.9 Å². The number of piperazine rings is 1. The second kappa shape index (κ2) is 8.41. The Labute approximate surface area is 140 Å². The van der Waals surface area contributed by atoms with Gasteiger partial charge in [-0.25, -0.2) is 9.97 Å². The zero-order valence-electron chi connectivity index (χ0n) is 14.7. The summed E-state index contributed by atoms with van der Waals surface area (Å²) in [5.74, 6) is 2.30. The first-order chi connectivity index (χ1) is 11.0. The summed E-state index contributed by atoms with van der Waals surface area (Å²) in [5, 5.41) is 10.0. The molecule has 1 aliphatic rings. The van der Waals surface area contributed by atoms with Crippen LogP contribution in [0.2, 0.25) is 0 Å². The summed E-state index contributed by atoms with van der Waals surface area (Å²) in [6.07, 6.45) is 3.28. The molecule has 5 nitrogen and oxygen atoms in total. The van der Waals surface area contributed by atoms with E-state index in [4.69, 9.17) is 4.98 Å². The fourth-order valence-corrected chi connectivity index (χ4v) is 2.85. The van der Waals surface area contributed by atoms with Crippen LogP contribution in [0.1, 0.15) is 44.1 Å². The normalized spacial score (nSPS) is 17.5. The van der Waals surface area contributed by atoms with E-state index in [-0.39, 0.29) is 6.10 Å². The smallest absolute Gasteiger partial charge is 0.133 e. The van der Waals surface area contributed by atoms with Gasteiger partial charge >= 0.3 is 0 Å². The van der Waals surface area contributed by atoms with Gasteiger partial charge in [0.05, 0.1) is 6.10 Å². The van der Waals surface area contributed by atoms with Gasteiger partial charge in [0.1, 0.15) is 11.6 Å². The van der Waals surface area contributed by atoms with Crippen molar-refractivity contribution in [1.29, 1.82) is 0 Å². The van der Waals surface area contributed by atoms with Crippen LogP contribution >= 0.6 is 0 Å². The molecule has 128 valence electrons. The molecule has 0 radical (unpaired) electrons. The Morgan fingerprint density at radius 1 is 1.26 bits per heavy atom. The van der Waals surface area contributed by atoms with Gasteiger partial charge in [0.15, 0.2) is 0 Å². The predicted octanol–water partition coefficient (Wildman–Crippen LogP) is 2.36. The van der Waals surface area contributed by atoms with Crippen molar-refractivity contribution >= 4 is 5.82 Å². The average Bonchev–Trinajstić information content (AvgIpc) is 2.53. The highest BCUT2D eigenvalue weighted by Gasteiger charge is 2.21. The number of hydrogen-bond donors (Lipinski definition) is 1. The minimum Gasteiger partial charge on any atom is -0.392 e. The van der Waals surface area contributed by atoms with Crippen molar-refractivity contribution in [2.75, 3.05) is 37.6 Å². The number of nitrogens with zero attached hydrogens (tertiary/aromatic N) is 4. The Morgan fingerprint density at radius 2 is 1.96 bits per heavy atom. The molecular formula is C18H30N4O. The van der Waals surface area contributed by atoms with Crippen molar-refractivity contribution in [2.45, 2.75) is 45.6 Å². The van der Waals surface area contributed by atoms with Crippen molar-refractivity contribution in [3.8, 4) is 0 Å². The van der Waals surface area contributed by atoms with E-state index in [1.807, 2.05) is 13.0 Å². The van der Waals surface area contributed by atoms with Crippen molar-refractivity contribution in [3.63, 3.8) is 0 Å². The molecular weight excluding hydrogens is 288 g/mol. The van der Waals surface area contributed by atoms with Gasteiger partial charge < -0.3 is 10.0 Å². The number of allylic oxidation sites excluding steroid dienone is 1. The fourth-order valence-electron chi connectivity index (χ4n) is 2.85. The first kappa shape index (κ1) is 17.9. The molecule has 5 heteroatoms. The average molecular weight is 318 g/mol. The first-order valence-corrected chi connectivity index (χ1v) is 8.61. The quantitative estimate of drug-likeness (QED) is 0.782. The van der Waals surface area contributed by atoms with Crippen molar-refractivity contribution < 1.29 is 5.11 Å². The second-order valence-corrected chi connectivity index (χ2v) is 6.69. The van der Waals surface area contributed by atoms with E-state index in [9.17, 15) is 5.11 Å². The summed E-state index contributed by atoms with van der Waals surface area (Å²) in [4.78, 5) is 13.9. The van der Waals surface area contributed by atoms with E-state index < -0.39 is 0 Å². The highest BCUT2D eigenvalue weighted by molar-refractivity contribution is 5.40. The van der Waals surface area contributed by atoms with Gasteiger partial charge in [-0.15, -0.1) is 6.58 Å². The van der Waals surface area contributed by atoms with Crippen LogP contribution < -0.4 is 4.90 Å². The van der Waals surface area contributed by atoms with E-state index in [1.165, 1.54) is 0 Å². The molecule has 1 aromatic rings. The molecule has 0 aliphatic carbocycles. The summed E-state index contributed by atoms with van der Waals surface area (Å²) < 4.78 is 0. The van der Waals surface area contributed by atoms with Crippen LogP contribution in [0.3, 0.4) is 0 Å². The van der Waals surface area contributed by atoms with Gasteiger partial charge in [-0.05, 0) is 19.8 Å². The second-order valence-electron chi connectivity index (χ2n) is 6.69. The highest BCUT2D eigenvalue weighted by Crippen LogP contribution is 2.18. The SMILES string of the molecule is C=CCCC(O)CN1CCN(c2cc(C)nc(C(C)C)n2)CC1. The van der Waals surface area contributed by atoms with Gasteiger partial charge in [-0.3, -0.25) is 4.90 Å². The first-order valence-electron chi connectivity index (χ1n) is 8.61. The highest BCUT2D eigenvalue weighted by atomic mass is 16.3. The van der Waals surface area contributed by atoms with E-state index in [1.54, 1.807) is 0 Å². The number of aliphatic hydroxyl groups excluding tert-OH is 1. The third kappa shape index (κ3) is 5.29. The van der Waals surface area contributed by atoms with E-state index in [2.05, 4.69) is 41.3 Å². The Bertz CT molecular complexity index is 510. The standard InChI is InChI=1S/C18H30N4O/c1-5-6-7-16(23)13-21-8-10-22(11-9-21)17-12-15(4)19-18(20-17)14(2)3/h5,12,14,16,23H,1,6-11,13H2,2-4H3. The minimum absolute atomic E-state index is 0.256. The number of rotatable bonds is 7. The molecule has 1 fully saturated rings. The molecule has 1 unspecified atom stereocenters. The topological polar surface area (TPSA) is 52.5 Å². The van der Waals surface area contributed by atoms with Crippen LogP contribution in [-0.4, -0.2) is 58.8 Å². The number of aromatic nitrogens is 2. The molecule has 1 aliphatic heterocycles. The van der Waals surface area contributed by atoms with Crippen LogP contribution in [0.25, 0.3) is 0 Å². The number of anilines is 1. The van der Waals surface area contributed by atoms with Gasteiger partial charge in [0, 0.05) is 50.4 Å². The molecule has 1 aromatic heterocycles. The van der Waals surface area contributed by atoms with Crippen LogP contribution in [0.15, 0.2) is 18.7 Å². The van der Waals surface area contributed by atoms with Gasteiger partial charge in [-0.2, -0.15) is 0 Å². The lowest BCUT2D eigenvalue weighted by Crippen LogP contribution is -2.49. The van der Waals surface area contributed by atoms with Crippen molar-refractivity contribution in [3.05, 3.63) is 30.2 Å². The maximum Gasteiger partial charge on any atom is 0.133 e. The molecule has 0 amide bonds. The Balaban J connectivity index is 1.90. The number of aliphatic hydroxyl groups is 1. The lowest BCUT2D eigenvalue weighted by atomic mass is 10.1. The van der Waals surface area contributed by atoms with Crippen LogP contribution in [-0.2, 0) is 0 Å². The molecule has 0 spiro atoms. The van der Waals surface area contributed by atoms with Crippen LogP contribution in [0, 0.1) is 6.92 Å². The summed E-state index contributed by atoms with van der Waals surface area (Å²) in [6, 6.07) is 2.07. The van der Waals surface area contributed by atoms with Crippen molar-refractivity contribution in [2.24, 2.45) is 0 Å². The summed E-state index contributed by atoms with van der Waals surface area (Å²) >= 11 is 0. The Morgan fingerprint density at radius 3 is 2.57 bits per heavy atom. The molecule has 1 saturated heterocycles. The largest absolute Gasteiger partial charge is 0.392 e. The third-order valence-electron chi connectivity index (χ3n) is 4.24.